The predicted molar refractivity (Wildman–Crippen MR) is 86.7 cm³/mol. The standard InChI is InChI=1S/C18H16FN3O/c1-13-5-7-17(8-6-13)22-18(23)15(10-20)12-21-11-14-3-2-4-16(19)9-14/h2-9,12,21H,11H2,1H3,(H,22,23)/b15-12-. The number of halogens is 1. The molecule has 0 fully saturated rings. The van der Waals surface area contributed by atoms with Crippen LogP contribution in [0, 0.1) is 24.1 Å². The number of anilines is 1. The summed E-state index contributed by atoms with van der Waals surface area (Å²) in [5, 5.41) is 14.6. The minimum absolute atomic E-state index is 0.0537. The second-order valence-electron chi connectivity index (χ2n) is 5.00. The van der Waals surface area contributed by atoms with E-state index in [1.54, 1.807) is 24.3 Å². The Labute approximate surface area is 134 Å². The molecule has 2 N–H and O–H groups in total. The molecule has 0 heterocycles. The number of amides is 1. The van der Waals surface area contributed by atoms with Gasteiger partial charge in [0, 0.05) is 18.4 Å². The third kappa shape index (κ3) is 4.97. The Hall–Kier alpha value is -3.13. The minimum atomic E-state index is -0.497. The lowest BCUT2D eigenvalue weighted by atomic mass is 10.2. The van der Waals surface area contributed by atoms with E-state index in [2.05, 4.69) is 10.6 Å². The first-order chi connectivity index (χ1) is 11.1. The molecule has 0 spiro atoms. The van der Waals surface area contributed by atoms with Crippen molar-refractivity contribution in [2.45, 2.75) is 13.5 Å². The number of nitriles is 1. The average molecular weight is 309 g/mol. The van der Waals surface area contributed by atoms with Gasteiger partial charge in [-0.25, -0.2) is 4.39 Å². The van der Waals surface area contributed by atoms with E-state index in [0.29, 0.717) is 12.2 Å². The summed E-state index contributed by atoms with van der Waals surface area (Å²) in [6, 6.07) is 15.2. The number of aryl methyl sites for hydroxylation is 1. The summed E-state index contributed by atoms with van der Waals surface area (Å²) in [5.74, 6) is -0.825. The average Bonchev–Trinajstić information content (AvgIpc) is 2.54. The van der Waals surface area contributed by atoms with E-state index >= 15 is 0 Å². The van der Waals surface area contributed by atoms with Gasteiger partial charge in [0.25, 0.3) is 5.91 Å². The molecule has 0 aliphatic rings. The van der Waals surface area contributed by atoms with E-state index in [-0.39, 0.29) is 11.4 Å². The first kappa shape index (κ1) is 16.2. The van der Waals surface area contributed by atoms with Gasteiger partial charge in [0.1, 0.15) is 17.5 Å². The topological polar surface area (TPSA) is 64.9 Å². The fourth-order valence-electron chi connectivity index (χ4n) is 1.90. The Kier molecular flexibility index (Phi) is 5.48. The summed E-state index contributed by atoms with van der Waals surface area (Å²) in [6.07, 6.45) is 1.33. The van der Waals surface area contributed by atoms with Crippen molar-refractivity contribution < 1.29 is 9.18 Å². The summed E-state index contributed by atoms with van der Waals surface area (Å²) >= 11 is 0. The van der Waals surface area contributed by atoms with Crippen molar-refractivity contribution in [3.05, 3.63) is 77.2 Å². The molecule has 0 saturated carbocycles. The SMILES string of the molecule is Cc1ccc(NC(=O)/C(C#N)=C\NCc2cccc(F)c2)cc1. The summed E-state index contributed by atoms with van der Waals surface area (Å²) in [7, 11) is 0. The highest BCUT2D eigenvalue weighted by atomic mass is 19.1. The molecule has 2 rings (SSSR count). The lowest BCUT2D eigenvalue weighted by Crippen LogP contribution is -2.16. The van der Waals surface area contributed by atoms with Crippen molar-refractivity contribution >= 4 is 11.6 Å². The monoisotopic (exact) mass is 309 g/mol. The molecule has 0 bridgehead atoms. The fraction of sp³-hybridized carbons (Fsp3) is 0.111. The molecule has 2 aromatic carbocycles. The lowest BCUT2D eigenvalue weighted by Gasteiger charge is -2.06. The number of hydrogen-bond acceptors (Lipinski definition) is 3. The molecule has 23 heavy (non-hydrogen) atoms. The number of rotatable bonds is 5. The summed E-state index contributed by atoms with van der Waals surface area (Å²) in [4.78, 5) is 12.0. The van der Waals surface area contributed by atoms with E-state index in [0.717, 1.165) is 11.1 Å². The Bertz CT molecular complexity index is 761. The van der Waals surface area contributed by atoms with Crippen LogP contribution in [0.4, 0.5) is 10.1 Å². The van der Waals surface area contributed by atoms with Crippen molar-refractivity contribution in [1.29, 1.82) is 5.26 Å². The number of carbonyl (C=O) groups excluding carboxylic acids is 1. The highest BCUT2D eigenvalue weighted by Gasteiger charge is 2.08. The summed E-state index contributed by atoms with van der Waals surface area (Å²) < 4.78 is 13.1. The molecule has 0 saturated heterocycles. The van der Waals surface area contributed by atoms with E-state index in [1.807, 2.05) is 25.1 Å². The first-order valence-electron chi connectivity index (χ1n) is 7.04. The van der Waals surface area contributed by atoms with Crippen molar-refractivity contribution in [1.82, 2.24) is 5.32 Å². The number of benzene rings is 2. The molecule has 5 heteroatoms. The van der Waals surface area contributed by atoms with Crippen LogP contribution in [0.1, 0.15) is 11.1 Å². The zero-order valence-corrected chi connectivity index (χ0v) is 12.6. The smallest absolute Gasteiger partial charge is 0.267 e. The summed E-state index contributed by atoms with van der Waals surface area (Å²) in [6.45, 7) is 2.27. The Morgan fingerprint density at radius 3 is 2.65 bits per heavy atom. The molecule has 0 aliphatic carbocycles. The maximum atomic E-state index is 13.1. The second kappa shape index (κ2) is 7.76. The third-order valence-electron chi connectivity index (χ3n) is 3.12. The molecule has 116 valence electrons. The van der Waals surface area contributed by atoms with Gasteiger partial charge in [-0.05, 0) is 36.8 Å². The Balaban J connectivity index is 1.96. The summed E-state index contributed by atoms with van der Waals surface area (Å²) in [5.41, 5.74) is 2.36. The van der Waals surface area contributed by atoms with Crippen molar-refractivity contribution in [3.63, 3.8) is 0 Å². The molecule has 1 amide bonds. The molecular weight excluding hydrogens is 293 g/mol. The second-order valence-corrected chi connectivity index (χ2v) is 5.00. The van der Waals surface area contributed by atoms with Crippen LogP contribution in [0.25, 0.3) is 0 Å². The van der Waals surface area contributed by atoms with Crippen molar-refractivity contribution in [2.24, 2.45) is 0 Å². The van der Waals surface area contributed by atoms with Crippen LogP contribution in [0.3, 0.4) is 0 Å². The lowest BCUT2D eigenvalue weighted by molar-refractivity contribution is -0.112. The van der Waals surface area contributed by atoms with Gasteiger partial charge < -0.3 is 10.6 Å². The molecule has 0 radical (unpaired) electrons. The molecule has 0 atom stereocenters. The van der Waals surface area contributed by atoms with Crippen LogP contribution >= 0.6 is 0 Å². The minimum Gasteiger partial charge on any atom is -0.386 e. The van der Waals surface area contributed by atoms with Crippen LogP contribution < -0.4 is 10.6 Å². The van der Waals surface area contributed by atoms with Gasteiger partial charge in [-0.3, -0.25) is 4.79 Å². The van der Waals surface area contributed by atoms with Gasteiger partial charge in [-0.2, -0.15) is 5.26 Å². The molecule has 0 unspecified atom stereocenters. The highest BCUT2D eigenvalue weighted by Crippen LogP contribution is 2.10. The van der Waals surface area contributed by atoms with Crippen LogP contribution in [0.15, 0.2) is 60.3 Å². The Morgan fingerprint density at radius 1 is 1.26 bits per heavy atom. The van der Waals surface area contributed by atoms with Crippen molar-refractivity contribution in [2.75, 3.05) is 5.32 Å². The number of carbonyl (C=O) groups is 1. The van der Waals surface area contributed by atoms with Crippen LogP contribution in [-0.4, -0.2) is 5.91 Å². The van der Waals surface area contributed by atoms with E-state index in [4.69, 9.17) is 5.26 Å². The van der Waals surface area contributed by atoms with Gasteiger partial charge in [0.2, 0.25) is 0 Å². The van der Waals surface area contributed by atoms with Crippen LogP contribution in [0.2, 0.25) is 0 Å². The Morgan fingerprint density at radius 2 is 2.00 bits per heavy atom. The first-order valence-corrected chi connectivity index (χ1v) is 7.04. The van der Waals surface area contributed by atoms with Gasteiger partial charge >= 0.3 is 0 Å². The molecule has 0 aromatic heterocycles. The third-order valence-corrected chi connectivity index (χ3v) is 3.12. The largest absolute Gasteiger partial charge is 0.386 e. The van der Waals surface area contributed by atoms with Gasteiger partial charge in [0.05, 0.1) is 0 Å². The zero-order chi connectivity index (χ0) is 16.7. The zero-order valence-electron chi connectivity index (χ0n) is 12.6. The molecule has 0 aliphatic heterocycles. The van der Waals surface area contributed by atoms with E-state index in [9.17, 15) is 9.18 Å². The van der Waals surface area contributed by atoms with Gasteiger partial charge in [-0.15, -0.1) is 0 Å². The maximum Gasteiger partial charge on any atom is 0.267 e. The maximum absolute atomic E-state index is 13.1. The van der Waals surface area contributed by atoms with E-state index < -0.39 is 5.91 Å². The molecule has 2 aromatic rings. The molecule has 4 nitrogen and oxygen atoms in total. The van der Waals surface area contributed by atoms with Crippen molar-refractivity contribution in [3.8, 4) is 6.07 Å². The van der Waals surface area contributed by atoms with Crippen LogP contribution in [-0.2, 0) is 11.3 Å². The van der Waals surface area contributed by atoms with E-state index in [1.165, 1.54) is 18.3 Å². The quantitative estimate of drug-likeness (QED) is 0.658. The fourth-order valence-corrected chi connectivity index (χ4v) is 1.90. The molecular formula is C18H16FN3O. The number of nitrogens with zero attached hydrogens (tertiary/aromatic N) is 1. The number of nitrogens with one attached hydrogen (secondary N) is 2. The number of hydrogen-bond donors (Lipinski definition) is 2. The predicted octanol–water partition coefficient (Wildman–Crippen LogP) is 3.27. The highest BCUT2D eigenvalue weighted by molar-refractivity contribution is 6.06. The van der Waals surface area contributed by atoms with Gasteiger partial charge in [0.15, 0.2) is 0 Å². The normalized spacial score (nSPS) is 10.7. The van der Waals surface area contributed by atoms with Gasteiger partial charge in [-0.1, -0.05) is 29.8 Å². The van der Waals surface area contributed by atoms with Crippen LogP contribution in [0.5, 0.6) is 0 Å².